The quantitative estimate of drug-likeness (QED) is 0.706. The molecule has 0 aromatic heterocycles. The number of benzene rings is 2. The molecule has 1 saturated heterocycles. The van der Waals surface area contributed by atoms with Crippen LogP contribution in [0.3, 0.4) is 0 Å². The summed E-state index contributed by atoms with van der Waals surface area (Å²) in [5.74, 6) is 0.781. The van der Waals surface area contributed by atoms with Crippen LogP contribution >= 0.6 is 0 Å². The lowest BCUT2D eigenvalue weighted by Crippen LogP contribution is -2.45. The van der Waals surface area contributed by atoms with Crippen LogP contribution in [0.5, 0.6) is 0 Å². The van der Waals surface area contributed by atoms with Crippen LogP contribution in [-0.4, -0.2) is 18.5 Å². The van der Waals surface area contributed by atoms with Crippen molar-refractivity contribution < 1.29 is 4.79 Å². The maximum atomic E-state index is 12.6. The molecule has 0 radical (unpaired) electrons. The lowest BCUT2D eigenvalue weighted by atomic mass is 9.85. The Labute approximate surface area is 173 Å². The molecule has 3 N–H and O–H groups in total. The summed E-state index contributed by atoms with van der Waals surface area (Å²) in [7, 11) is 0. The molecule has 3 atom stereocenters. The van der Waals surface area contributed by atoms with E-state index in [0.29, 0.717) is 18.0 Å². The molecule has 2 fully saturated rings. The van der Waals surface area contributed by atoms with Crippen LogP contribution in [0.4, 0.5) is 5.69 Å². The maximum Gasteiger partial charge on any atom is 0.232 e. The van der Waals surface area contributed by atoms with Crippen molar-refractivity contribution in [2.75, 3.05) is 11.9 Å². The monoisotopic (exact) mass is 389 g/mol. The van der Waals surface area contributed by atoms with Gasteiger partial charge in [0.25, 0.3) is 0 Å². The van der Waals surface area contributed by atoms with Gasteiger partial charge in [0.2, 0.25) is 5.91 Å². The van der Waals surface area contributed by atoms with E-state index in [1.165, 1.54) is 55.2 Å². The molecule has 1 saturated carbocycles. The molecule has 4 nitrogen and oxygen atoms in total. The van der Waals surface area contributed by atoms with Crippen molar-refractivity contribution >= 4 is 11.6 Å². The van der Waals surface area contributed by atoms with E-state index in [0.717, 1.165) is 18.8 Å². The zero-order valence-corrected chi connectivity index (χ0v) is 17.0. The van der Waals surface area contributed by atoms with Gasteiger partial charge in [-0.1, -0.05) is 55.3 Å². The number of fused-ring (bicyclic) bond motifs is 1. The van der Waals surface area contributed by atoms with Gasteiger partial charge in [-0.05, 0) is 60.9 Å². The molecule has 1 amide bonds. The van der Waals surface area contributed by atoms with E-state index >= 15 is 0 Å². The molecule has 152 valence electrons. The Morgan fingerprint density at radius 1 is 0.966 bits per heavy atom. The fourth-order valence-corrected chi connectivity index (χ4v) is 5.57. The number of hydrogen-bond acceptors (Lipinski definition) is 3. The van der Waals surface area contributed by atoms with Crippen LogP contribution in [-0.2, 0) is 11.3 Å². The van der Waals surface area contributed by atoms with Crippen LogP contribution < -0.4 is 16.0 Å². The van der Waals surface area contributed by atoms with Gasteiger partial charge in [0.1, 0.15) is 0 Å². The van der Waals surface area contributed by atoms with Gasteiger partial charge in [0.05, 0.1) is 5.92 Å². The Kier molecular flexibility index (Phi) is 5.38. The molecule has 4 heteroatoms. The van der Waals surface area contributed by atoms with Crippen molar-refractivity contribution in [3.8, 4) is 0 Å². The second-order valence-electron chi connectivity index (χ2n) is 8.91. The fraction of sp³-hybridized carbons (Fsp3) is 0.480. The van der Waals surface area contributed by atoms with Gasteiger partial charge >= 0.3 is 0 Å². The SMILES string of the molecule is O=C1Nc2ccc(CNC3CCCNC3c3ccccc3)cc2C1C1CCCC1. The van der Waals surface area contributed by atoms with E-state index in [4.69, 9.17) is 0 Å². The third-order valence-electron chi connectivity index (χ3n) is 7.05. The molecular weight excluding hydrogens is 358 g/mol. The summed E-state index contributed by atoms with van der Waals surface area (Å²) < 4.78 is 0. The zero-order valence-electron chi connectivity index (χ0n) is 17.0. The van der Waals surface area contributed by atoms with E-state index in [1.54, 1.807) is 0 Å². The van der Waals surface area contributed by atoms with Crippen molar-refractivity contribution in [3.05, 3.63) is 65.2 Å². The first-order valence-electron chi connectivity index (χ1n) is 11.2. The third kappa shape index (κ3) is 3.84. The number of piperidine rings is 1. The standard InChI is InChI=1S/C25H31N3O/c29-25-23(18-7-4-5-8-18)20-15-17(12-13-21(20)28-25)16-27-22-11-6-14-26-24(22)19-9-2-1-3-10-19/h1-3,9-10,12-13,15,18,22-24,26-27H,4-8,11,14,16H2,(H,28,29). The molecule has 0 spiro atoms. The van der Waals surface area contributed by atoms with E-state index in [9.17, 15) is 4.79 Å². The molecule has 2 aromatic rings. The summed E-state index contributed by atoms with van der Waals surface area (Å²) in [4.78, 5) is 12.6. The predicted molar refractivity (Wildman–Crippen MR) is 117 cm³/mol. The number of carbonyl (C=O) groups is 1. The highest BCUT2D eigenvalue weighted by Crippen LogP contribution is 2.44. The molecule has 0 bridgehead atoms. The van der Waals surface area contributed by atoms with Gasteiger partial charge in [-0.15, -0.1) is 0 Å². The molecule has 1 aliphatic carbocycles. The van der Waals surface area contributed by atoms with E-state index in [1.807, 2.05) is 0 Å². The highest BCUT2D eigenvalue weighted by molar-refractivity contribution is 6.03. The van der Waals surface area contributed by atoms with Gasteiger partial charge in [-0.25, -0.2) is 0 Å². The largest absolute Gasteiger partial charge is 0.325 e. The first kappa shape index (κ1) is 18.8. The maximum absolute atomic E-state index is 12.6. The molecule has 2 aliphatic heterocycles. The number of hydrogen-bond donors (Lipinski definition) is 3. The van der Waals surface area contributed by atoms with Gasteiger partial charge in [0.15, 0.2) is 0 Å². The second-order valence-corrected chi connectivity index (χ2v) is 8.91. The first-order chi connectivity index (χ1) is 14.3. The number of amides is 1. The highest BCUT2D eigenvalue weighted by atomic mass is 16.2. The lowest BCUT2D eigenvalue weighted by molar-refractivity contribution is -0.118. The Hall–Kier alpha value is -2.17. The van der Waals surface area contributed by atoms with Crippen molar-refractivity contribution in [3.63, 3.8) is 0 Å². The van der Waals surface area contributed by atoms with Crippen LogP contribution in [0.15, 0.2) is 48.5 Å². The average molecular weight is 390 g/mol. The van der Waals surface area contributed by atoms with Crippen molar-refractivity contribution in [2.24, 2.45) is 5.92 Å². The molecule has 29 heavy (non-hydrogen) atoms. The smallest absolute Gasteiger partial charge is 0.232 e. The van der Waals surface area contributed by atoms with Gasteiger partial charge < -0.3 is 16.0 Å². The Morgan fingerprint density at radius 3 is 2.62 bits per heavy atom. The molecule has 3 aliphatic rings. The molecule has 5 rings (SSSR count). The topological polar surface area (TPSA) is 53.2 Å². The minimum Gasteiger partial charge on any atom is -0.325 e. The fourth-order valence-electron chi connectivity index (χ4n) is 5.57. The molecule has 2 heterocycles. The zero-order chi connectivity index (χ0) is 19.6. The summed E-state index contributed by atoms with van der Waals surface area (Å²) in [5.41, 5.74) is 4.88. The Bertz CT molecular complexity index is 860. The van der Waals surface area contributed by atoms with Gasteiger partial charge in [-0.2, -0.15) is 0 Å². The normalized spacial score (nSPS) is 27.0. The molecule has 3 unspecified atom stereocenters. The van der Waals surface area contributed by atoms with Gasteiger partial charge in [0, 0.05) is 24.3 Å². The number of carbonyl (C=O) groups excluding carboxylic acids is 1. The van der Waals surface area contributed by atoms with Crippen LogP contribution in [0.1, 0.15) is 67.2 Å². The van der Waals surface area contributed by atoms with Crippen molar-refractivity contribution in [1.29, 1.82) is 0 Å². The second kappa shape index (κ2) is 8.29. The Morgan fingerprint density at radius 2 is 1.79 bits per heavy atom. The summed E-state index contributed by atoms with van der Waals surface area (Å²) in [6.45, 7) is 1.92. The third-order valence-corrected chi connectivity index (χ3v) is 7.05. The van der Waals surface area contributed by atoms with Crippen LogP contribution in [0, 0.1) is 5.92 Å². The Balaban J connectivity index is 1.30. The predicted octanol–water partition coefficient (Wildman–Crippen LogP) is 4.50. The number of nitrogens with one attached hydrogen (secondary N) is 3. The summed E-state index contributed by atoms with van der Waals surface area (Å²) in [6, 6.07) is 18.1. The van der Waals surface area contributed by atoms with E-state index < -0.39 is 0 Å². The van der Waals surface area contributed by atoms with Crippen LogP contribution in [0.25, 0.3) is 0 Å². The molecule has 2 aromatic carbocycles. The number of rotatable bonds is 5. The first-order valence-corrected chi connectivity index (χ1v) is 11.2. The van der Waals surface area contributed by atoms with E-state index in [-0.39, 0.29) is 11.8 Å². The van der Waals surface area contributed by atoms with Crippen LogP contribution in [0.2, 0.25) is 0 Å². The molecular formula is C25H31N3O. The summed E-state index contributed by atoms with van der Waals surface area (Å²) in [6.07, 6.45) is 7.29. The average Bonchev–Trinajstić information content (AvgIpc) is 3.39. The van der Waals surface area contributed by atoms with Crippen molar-refractivity contribution in [1.82, 2.24) is 10.6 Å². The minimum atomic E-state index is 0.0564. The van der Waals surface area contributed by atoms with Gasteiger partial charge in [-0.3, -0.25) is 4.79 Å². The highest BCUT2D eigenvalue weighted by Gasteiger charge is 2.38. The van der Waals surface area contributed by atoms with E-state index in [2.05, 4.69) is 64.5 Å². The lowest BCUT2D eigenvalue weighted by Gasteiger charge is -2.34. The summed E-state index contributed by atoms with van der Waals surface area (Å²) >= 11 is 0. The van der Waals surface area contributed by atoms with Crippen molar-refractivity contribution in [2.45, 2.75) is 63.1 Å². The number of anilines is 1. The summed E-state index contributed by atoms with van der Waals surface area (Å²) in [5, 5.41) is 10.6. The minimum absolute atomic E-state index is 0.0564.